The van der Waals surface area contributed by atoms with Gasteiger partial charge in [-0.15, -0.1) is 24.0 Å². The van der Waals surface area contributed by atoms with E-state index in [0.717, 1.165) is 32.7 Å². The Morgan fingerprint density at radius 2 is 1.59 bits per heavy atom. The van der Waals surface area contributed by atoms with E-state index in [0.29, 0.717) is 12.1 Å². The van der Waals surface area contributed by atoms with E-state index in [4.69, 9.17) is 12.6 Å². The fraction of sp³-hybridized carbons (Fsp3) is 0.176. The van der Waals surface area contributed by atoms with Crippen LogP contribution in [-0.2, 0) is 16.0 Å². The number of imide groups is 1. The third-order valence-corrected chi connectivity index (χ3v) is 9.64. The van der Waals surface area contributed by atoms with Gasteiger partial charge in [-0.05, 0) is 71.5 Å². The van der Waals surface area contributed by atoms with Crippen LogP contribution in [0.25, 0.3) is 26.4 Å². The number of carbonyl (C=O) groups is 2. The Labute approximate surface area is 238 Å². The Balaban J connectivity index is 1.51. The van der Waals surface area contributed by atoms with E-state index in [9.17, 15) is 9.59 Å². The second kappa shape index (κ2) is 10.5. The molecule has 5 heteroatoms. The van der Waals surface area contributed by atoms with E-state index in [1.165, 1.54) is 32.9 Å². The zero-order valence-corrected chi connectivity index (χ0v) is 23.6. The molecule has 0 radical (unpaired) electrons. The second-order valence-electron chi connectivity index (χ2n) is 10.1. The average molecular weight is 548 g/mol. The normalized spacial score (nSPS) is 17.3. The summed E-state index contributed by atoms with van der Waals surface area (Å²) in [4.78, 5) is 30.5. The van der Waals surface area contributed by atoms with Crippen molar-refractivity contribution in [2.24, 2.45) is 5.92 Å². The van der Waals surface area contributed by atoms with Crippen LogP contribution in [0.2, 0.25) is 0 Å². The number of fused-ring (bicyclic) bond motifs is 3. The highest BCUT2D eigenvalue weighted by Crippen LogP contribution is 2.50. The van der Waals surface area contributed by atoms with Gasteiger partial charge in [0.25, 0.3) is 0 Å². The number of aryl methyl sites for hydroxylation is 1. The van der Waals surface area contributed by atoms with Crippen molar-refractivity contribution >= 4 is 67.9 Å². The van der Waals surface area contributed by atoms with Gasteiger partial charge in [0.15, 0.2) is 0 Å². The molecule has 3 nitrogen and oxygen atoms in total. The van der Waals surface area contributed by atoms with Gasteiger partial charge in [0.05, 0.1) is 11.6 Å². The number of allylic oxidation sites excluding steroid dienone is 2. The number of para-hydroxylation sites is 1. The van der Waals surface area contributed by atoms with Crippen LogP contribution in [0.3, 0.4) is 0 Å². The summed E-state index contributed by atoms with van der Waals surface area (Å²) in [6, 6.07) is 30.5. The predicted molar refractivity (Wildman–Crippen MR) is 166 cm³/mol. The van der Waals surface area contributed by atoms with E-state index in [1.54, 1.807) is 11.3 Å². The van der Waals surface area contributed by atoms with Gasteiger partial charge >= 0.3 is 0 Å². The van der Waals surface area contributed by atoms with Crippen molar-refractivity contribution in [2.45, 2.75) is 37.5 Å². The molecule has 0 saturated carbocycles. The maximum absolute atomic E-state index is 14.3. The fourth-order valence-corrected chi connectivity index (χ4v) is 7.81. The van der Waals surface area contributed by atoms with Crippen molar-refractivity contribution in [3.8, 4) is 0 Å². The first-order valence-electron chi connectivity index (χ1n) is 13.3. The van der Waals surface area contributed by atoms with E-state index < -0.39 is 0 Å². The molecule has 4 aromatic carbocycles. The van der Waals surface area contributed by atoms with Crippen LogP contribution < -0.4 is 4.90 Å². The Hall–Kier alpha value is -3.67. The number of anilines is 1. The highest BCUT2D eigenvalue weighted by molar-refractivity contribution is 7.81. The standard InChI is InChI=1S/C34H29NO2S2/c1-3-26(33-32(38)29-19-23-12-7-8-13-24(23)20-30(29)39-33)31-27-16-10-9-11-22(27)17-18-28(31)34(37)35(21(2)36)25-14-5-4-6-15-25/h3-16,19-20,28,31,38H,17-18H2,1-2H3/b26-3+/t28?,31-/m0/s1. The lowest BCUT2D eigenvalue weighted by Gasteiger charge is -2.36. The number of carbonyl (C=O) groups excluding carboxylic acids is 2. The first-order chi connectivity index (χ1) is 19.0. The van der Waals surface area contributed by atoms with Crippen molar-refractivity contribution < 1.29 is 9.59 Å². The predicted octanol–water partition coefficient (Wildman–Crippen LogP) is 8.67. The maximum Gasteiger partial charge on any atom is 0.237 e. The van der Waals surface area contributed by atoms with Crippen LogP contribution in [0, 0.1) is 5.92 Å². The molecule has 2 atom stereocenters. The third kappa shape index (κ3) is 4.50. The van der Waals surface area contributed by atoms with E-state index in [-0.39, 0.29) is 23.7 Å². The van der Waals surface area contributed by atoms with Gasteiger partial charge in [-0.1, -0.05) is 72.8 Å². The zero-order chi connectivity index (χ0) is 27.1. The lowest BCUT2D eigenvalue weighted by atomic mass is 9.70. The van der Waals surface area contributed by atoms with Crippen molar-refractivity contribution in [3.63, 3.8) is 0 Å². The second-order valence-corrected chi connectivity index (χ2v) is 11.6. The quantitative estimate of drug-likeness (QED) is 0.229. The first kappa shape index (κ1) is 25.6. The molecule has 1 unspecified atom stereocenters. The summed E-state index contributed by atoms with van der Waals surface area (Å²) in [5, 5.41) is 3.50. The van der Waals surface area contributed by atoms with Crippen LogP contribution in [0.5, 0.6) is 0 Å². The third-order valence-electron chi connectivity index (χ3n) is 7.82. The molecule has 1 heterocycles. The molecule has 0 bridgehead atoms. The average Bonchev–Trinajstić information content (AvgIpc) is 3.27. The monoisotopic (exact) mass is 547 g/mol. The molecule has 5 aromatic rings. The van der Waals surface area contributed by atoms with Crippen molar-refractivity contribution in [2.75, 3.05) is 4.90 Å². The summed E-state index contributed by atoms with van der Waals surface area (Å²) in [7, 11) is 0. The lowest BCUT2D eigenvalue weighted by molar-refractivity contribution is -0.128. The summed E-state index contributed by atoms with van der Waals surface area (Å²) < 4.78 is 1.18. The molecular weight excluding hydrogens is 519 g/mol. The van der Waals surface area contributed by atoms with Crippen molar-refractivity contribution in [3.05, 3.63) is 113 Å². The minimum atomic E-state index is -0.382. The van der Waals surface area contributed by atoms with Gasteiger partial charge in [-0.2, -0.15) is 0 Å². The summed E-state index contributed by atoms with van der Waals surface area (Å²) in [5.74, 6) is -0.993. The molecule has 1 aromatic heterocycles. The minimum absolute atomic E-state index is 0.153. The molecule has 6 rings (SSSR count). The molecule has 0 N–H and O–H groups in total. The number of hydrogen-bond donors (Lipinski definition) is 1. The maximum atomic E-state index is 14.3. The first-order valence-corrected chi connectivity index (χ1v) is 14.5. The molecule has 0 saturated heterocycles. The number of thiophene rings is 1. The minimum Gasteiger partial charge on any atom is -0.274 e. The van der Waals surface area contributed by atoms with Gasteiger partial charge in [0.1, 0.15) is 0 Å². The Morgan fingerprint density at radius 1 is 0.923 bits per heavy atom. The number of benzene rings is 4. The molecule has 194 valence electrons. The highest BCUT2D eigenvalue weighted by Gasteiger charge is 2.41. The Bertz CT molecular complexity index is 1750. The molecular formula is C34H29NO2S2. The van der Waals surface area contributed by atoms with Gasteiger partial charge in [0, 0.05) is 32.7 Å². The molecule has 1 aliphatic rings. The summed E-state index contributed by atoms with van der Waals surface area (Å²) >= 11 is 6.78. The molecule has 0 fully saturated rings. The number of hydrogen-bond acceptors (Lipinski definition) is 4. The summed E-state index contributed by atoms with van der Waals surface area (Å²) in [6.45, 7) is 3.51. The molecule has 0 spiro atoms. The molecule has 2 amide bonds. The summed E-state index contributed by atoms with van der Waals surface area (Å²) in [6.07, 6.45) is 3.61. The van der Waals surface area contributed by atoms with Crippen LogP contribution in [0.15, 0.2) is 102 Å². The summed E-state index contributed by atoms with van der Waals surface area (Å²) in [5.41, 5.74) is 4.11. The smallest absolute Gasteiger partial charge is 0.237 e. The fourth-order valence-electron chi connectivity index (χ4n) is 6.03. The van der Waals surface area contributed by atoms with Gasteiger partial charge < -0.3 is 0 Å². The molecule has 1 aliphatic carbocycles. The van der Waals surface area contributed by atoms with Crippen LogP contribution in [0.4, 0.5) is 5.69 Å². The highest BCUT2D eigenvalue weighted by atomic mass is 32.1. The van der Waals surface area contributed by atoms with E-state index in [1.807, 2.05) is 43.3 Å². The number of nitrogens with zero attached hydrogens (tertiary/aromatic N) is 1. The topological polar surface area (TPSA) is 37.4 Å². The Kier molecular flexibility index (Phi) is 6.88. The van der Waals surface area contributed by atoms with Crippen LogP contribution in [0.1, 0.15) is 42.2 Å². The van der Waals surface area contributed by atoms with Crippen molar-refractivity contribution in [1.82, 2.24) is 0 Å². The SMILES string of the molecule is C/C=C(/c1sc2cc3ccccc3cc2c1S)[C@H]1c2ccccc2CCC1C(=O)N(C(C)=O)c1ccccc1. The largest absolute Gasteiger partial charge is 0.274 e. The lowest BCUT2D eigenvalue weighted by Crippen LogP contribution is -2.43. The van der Waals surface area contributed by atoms with Gasteiger partial charge in [-0.25, -0.2) is 0 Å². The zero-order valence-electron chi connectivity index (χ0n) is 21.9. The molecule has 0 aliphatic heterocycles. The number of rotatable bonds is 4. The Morgan fingerprint density at radius 3 is 2.31 bits per heavy atom. The number of thiol groups is 1. The van der Waals surface area contributed by atoms with E-state index in [2.05, 4.69) is 60.7 Å². The van der Waals surface area contributed by atoms with Gasteiger partial charge in [-0.3, -0.25) is 14.5 Å². The van der Waals surface area contributed by atoms with Crippen molar-refractivity contribution in [1.29, 1.82) is 0 Å². The van der Waals surface area contributed by atoms with Crippen LogP contribution >= 0.6 is 24.0 Å². The van der Waals surface area contributed by atoms with Crippen LogP contribution in [-0.4, -0.2) is 11.8 Å². The molecule has 39 heavy (non-hydrogen) atoms. The van der Waals surface area contributed by atoms with Gasteiger partial charge in [0.2, 0.25) is 11.8 Å². The number of amides is 2. The van der Waals surface area contributed by atoms with E-state index >= 15 is 0 Å².